The number of aromatic amines is 1. The molecule has 6 nitrogen and oxygen atoms in total. The minimum atomic E-state index is 0.446. The topological polar surface area (TPSA) is 70.6 Å². The number of piperidine rings is 1. The van der Waals surface area contributed by atoms with E-state index in [9.17, 15) is 0 Å². The van der Waals surface area contributed by atoms with E-state index < -0.39 is 0 Å². The van der Waals surface area contributed by atoms with Gasteiger partial charge in [0.25, 0.3) is 0 Å². The van der Waals surface area contributed by atoms with Crippen LogP contribution < -0.4 is 0 Å². The smallest absolute Gasteiger partial charge is 0.156 e. The lowest BCUT2D eigenvalue weighted by Gasteiger charge is -2.32. The molecule has 0 aromatic carbocycles. The number of rotatable bonds is 4. The van der Waals surface area contributed by atoms with E-state index >= 15 is 0 Å². The van der Waals surface area contributed by atoms with Crippen molar-refractivity contribution in [3.8, 4) is 11.5 Å². The lowest BCUT2D eigenvalue weighted by Crippen LogP contribution is -2.34. The summed E-state index contributed by atoms with van der Waals surface area (Å²) in [6, 6.07) is 2.09. The van der Waals surface area contributed by atoms with E-state index in [4.69, 9.17) is 4.98 Å². The molecule has 1 aliphatic rings. The van der Waals surface area contributed by atoms with Gasteiger partial charge in [-0.25, -0.2) is 15.0 Å². The molecule has 0 saturated carbocycles. The Morgan fingerprint density at radius 2 is 2.33 bits per heavy atom. The summed E-state index contributed by atoms with van der Waals surface area (Å²) in [7, 11) is 0. The van der Waals surface area contributed by atoms with Crippen molar-refractivity contribution in [2.75, 3.05) is 13.1 Å². The lowest BCUT2D eigenvalue weighted by atomic mass is 9.94. The molecule has 24 heavy (non-hydrogen) atoms. The van der Waals surface area contributed by atoms with Crippen molar-refractivity contribution in [2.24, 2.45) is 0 Å². The second-order valence-electron chi connectivity index (χ2n) is 6.21. The van der Waals surface area contributed by atoms with Crippen LogP contribution in [0.25, 0.3) is 11.5 Å². The number of nitrogens with one attached hydrogen (secondary N) is 1. The average Bonchev–Trinajstić information content (AvgIpc) is 3.28. The van der Waals surface area contributed by atoms with Crippen molar-refractivity contribution in [3.63, 3.8) is 0 Å². The molecule has 0 amide bonds. The summed E-state index contributed by atoms with van der Waals surface area (Å²) in [6.45, 7) is 5.11. The summed E-state index contributed by atoms with van der Waals surface area (Å²) < 4.78 is 0. The third-order valence-corrected chi connectivity index (χ3v) is 5.15. The molecule has 3 aromatic rings. The third-order valence-electron chi connectivity index (χ3n) is 4.39. The number of hydrogen-bond acceptors (Lipinski definition) is 6. The predicted octanol–water partition coefficient (Wildman–Crippen LogP) is 3.01. The van der Waals surface area contributed by atoms with Gasteiger partial charge in [0.05, 0.1) is 5.51 Å². The SMILES string of the molecule is Cc1nc(-c2ncc[nH]2)cc(C2CCCN(Cc3cncs3)C2)n1. The zero-order valence-corrected chi connectivity index (χ0v) is 14.5. The van der Waals surface area contributed by atoms with Gasteiger partial charge >= 0.3 is 0 Å². The third kappa shape index (κ3) is 3.37. The number of likely N-dealkylation sites (tertiary alicyclic amines) is 1. The van der Waals surface area contributed by atoms with Crippen LogP contribution in [0.3, 0.4) is 0 Å². The van der Waals surface area contributed by atoms with E-state index in [1.54, 1.807) is 17.5 Å². The van der Waals surface area contributed by atoms with Crippen molar-refractivity contribution in [2.45, 2.75) is 32.2 Å². The van der Waals surface area contributed by atoms with Gasteiger partial charge in [-0.15, -0.1) is 11.3 Å². The minimum Gasteiger partial charge on any atom is -0.343 e. The van der Waals surface area contributed by atoms with Gasteiger partial charge in [-0.05, 0) is 32.4 Å². The van der Waals surface area contributed by atoms with E-state index in [0.717, 1.165) is 42.7 Å². The number of hydrogen-bond donors (Lipinski definition) is 1. The molecule has 0 radical (unpaired) electrons. The molecule has 1 saturated heterocycles. The summed E-state index contributed by atoms with van der Waals surface area (Å²) in [4.78, 5) is 24.7. The molecule has 124 valence electrons. The Balaban J connectivity index is 1.54. The monoisotopic (exact) mass is 340 g/mol. The van der Waals surface area contributed by atoms with E-state index in [2.05, 4.69) is 30.9 Å². The summed E-state index contributed by atoms with van der Waals surface area (Å²) >= 11 is 1.73. The fourth-order valence-corrected chi connectivity index (χ4v) is 3.94. The van der Waals surface area contributed by atoms with E-state index in [0.29, 0.717) is 5.92 Å². The highest BCUT2D eigenvalue weighted by atomic mass is 32.1. The molecule has 0 spiro atoms. The molecule has 1 N–H and O–H groups in total. The first kappa shape index (κ1) is 15.4. The second kappa shape index (κ2) is 6.78. The van der Waals surface area contributed by atoms with Gasteiger partial charge in [0, 0.05) is 48.2 Å². The highest BCUT2D eigenvalue weighted by Crippen LogP contribution is 2.28. The number of aromatic nitrogens is 5. The maximum atomic E-state index is 4.71. The molecule has 1 fully saturated rings. The standard InChI is InChI=1S/C17H20N6S/c1-12-21-15(7-16(22-12)17-19-4-5-20-17)13-3-2-6-23(9-13)10-14-8-18-11-24-14/h4-5,7-8,11,13H,2-3,6,9-10H2,1H3,(H,19,20). The van der Waals surface area contributed by atoms with Crippen LogP contribution in [0.1, 0.15) is 35.2 Å². The fraction of sp³-hybridized carbons (Fsp3) is 0.412. The molecule has 4 rings (SSSR count). The Morgan fingerprint density at radius 3 is 3.12 bits per heavy atom. The van der Waals surface area contributed by atoms with Crippen molar-refractivity contribution in [3.05, 3.63) is 46.6 Å². The first-order chi connectivity index (χ1) is 11.8. The van der Waals surface area contributed by atoms with Crippen LogP contribution in [0.4, 0.5) is 0 Å². The van der Waals surface area contributed by atoms with Gasteiger partial charge in [0.2, 0.25) is 0 Å². The minimum absolute atomic E-state index is 0.446. The Hall–Kier alpha value is -2.12. The van der Waals surface area contributed by atoms with Crippen LogP contribution in [0.5, 0.6) is 0 Å². The Morgan fingerprint density at radius 1 is 1.38 bits per heavy atom. The molecule has 4 heterocycles. The largest absolute Gasteiger partial charge is 0.343 e. The fourth-order valence-electron chi connectivity index (χ4n) is 3.31. The Labute approximate surface area is 145 Å². The second-order valence-corrected chi connectivity index (χ2v) is 7.18. The molecular formula is C17H20N6S. The molecule has 0 bridgehead atoms. The van der Waals surface area contributed by atoms with Crippen LogP contribution >= 0.6 is 11.3 Å². The number of H-pyrrole nitrogens is 1. The van der Waals surface area contributed by atoms with E-state index in [1.165, 1.54) is 17.7 Å². The van der Waals surface area contributed by atoms with Crippen LogP contribution in [-0.2, 0) is 6.54 Å². The van der Waals surface area contributed by atoms with Crippen LogP contribution in [0.15, 0.2) is 30.2 Å². The molecular weight excluding hydrogens is 320 g/mol. The first-order valence-electron chi connectivity index (χ1n) is 8.23. The molecule has 1 atom stereocenters. The van der Waals surface area contributed by atoms with E-state index in [1.807, 2.05) is 24.8 Å². The van der Waals surface area contributed by atoms with Crippen molar-refractivity contribution >= 4 is 11.3 Å². The summed E-state index contributed by atoms with van der Waals surface area (Å²) in [5.41, 5.74) is 3.91. The van der Waals surface area contributed by atoms with E-state index in [-0.39, 0.29) is 0 Å². The zero-order chi connectivity index (χ0) is 16.4. The summed E-state index contributed by atoms with van der Waals surface area (Å²) in [5.74, 6) is 2.06. The highest BCUT2D eigenvalue weighted by molar-refractivity contribution is 7.09. The van der Waals surface area contributed by atoms with Gasteiger partial charge in [0.1, 0.15) is 11.5 Å². The van der Waals surface area contributed by atoms with Gasteiger partial charge in [-0.1, -0.05) is 0 Å². The Bertz CT molecular complexity index is 784. The Kier molecular flexibility index (Phi) is 4.36. The summed E-state index contributed by atoms with van der Waals surface area (Å²) in [6.07, 6.45) is 7.92. The average molecular weight is 340 g/mol. The van der Waals surface area contributed by atoms with Crippen molar-refractivity contribution in [1.29, 1.82) is 0 Å². The molecule has 3 aromatic heterocycles. The number of nitrogens with zero attached hydrogens (tertiary/aromatic N) is 5. The zero-order valence-electron chi connectivity index (χ0n) is 13.6. The van der Waals surface area contributed by atoms with Crippen LogP contribution in [0, 0.1) is 6.92 Å². The molecule has 1 unspecified atom stereocenters. The van der Waals surface area contributed by atoms with Gasteiger partial charge < -0.3 is 4.98 Å². The van der Waals surface area contributed by atoms with Gasteiger partial charge in [0.15, 0.2) is 5.82 Å². The quantitative estimate of drug-likeness (QED) is 0.790. The molecule has 1 aliphatic heterocycles. The number of imidazole rings is 1. The highest BCUT2D eigenvalue weighted by Gasteiger charge is 2.24. The maximum absolute atomic E-state index is 4.71. The summed E-state index contributed by atoms with van der Waals surface area (Å²) in [5, 5.41) is 0. The van der Waals surface area contributed by atoms with Crippen molar-refractivity contribution in [1.82, 2.24) is 29.8 Å². The number of thiazole rings is 1. The molecule has 7 heteroatoms. The number of aryl methyl sites for hydroxylation is 1. The van der Waals surface area contributed by atoms with Crippen LogP contribution in [0.2, 0.25) is 0 Å². The van der Waals surface area contributed by atoms with Gasteiger partial charge in [-0.2, -0.15) is 0 Å². The lowest BCUT2D eigenvalue weighted by molar-refractivity contribution is 0.200. The predicted molar refractivity (Wildman–Crippen MR) is 93.7 cm³/mol. The first-order valence-corrected chi connectivity index (χ1v) is 9.11. The molecule has 0 aliphatic carbocycles. The van der Waals surface area contributed by atoms with Crippen LogP contribution in [-0.4, -0.2) is 42.9 Å². The maximum Gasteiger partial charge on any atom is 0.156 e. The normalized spacial score (nSPS) is 18.8. The van der Waals surface area contributed by atoms with Gasteiger partial charge in [-0.3, -0.25) is 9.88 Å². The van der Waals surface area contributed by atoms with Crippen molar-refractivity contribution < 1.29 is 0 Å².